The van der Waals surface area contributed by atoms with Gasteiger partial charge in [-0.1, -0.05) is 32.4 Å². The van der Waals surface area contributed by atoms with Gasteiger partial charge in [0.05, 0.1) is 0 Å². The Morgan fingerprint density at radius 3 is 2.41 bits per heavy atom. The van der Waals surface area contributed by atoms with Gasteiger partial charge in [-0.25, -0.2) is 0 Å². The predicted octanol–water partition coefficient (Wildman–Crippen LogP) is 3.45. The van der Waals surface area contributed by atoms with Gasteiger partial charge in [0.25, 0.3) is 0 Å². The highest BCUT2D eigenvalue weighted by Crippen LogP contribution is 2.31. The standard InChI is InChI=1S/C15H24N2/c1-12(2)15(17-9-4-3-5-10-17)13-7-6-8-14(16)11-13/h6-8,11-12,15H,3-5,9-10,16H2,1-2H3. The third-order valence-corrected chi connectivity index (χ3v) is 3.67. The molecule has 1 aliphatic heterocycles. The quantitative estimate of drug-likeness (QED) is 0.809. The summed E-state index contributed by atoms with van der Waals surface area (Å²) in [5, 5.41) is 0. The Hall–Kier alpha value is -1.02. The molecule has 0 saturated carbocycles. The molecule has 0 bridgehead atoms. The van der Waals surface area contributed by atoms with Gasteiger partial charge in [-0.2, -0.15) is 0 Å². The van der Waals surface area contributed by atoms with Gasteiger partial charge in [0.2, 0.25) is 0 Å². The molecule has 2 heteroatoms. The minimum absolute atomic E-state index is 0.527. The molecular weight excluding hydrogens is 208 g/mol. The molecular formula is C15H24N2. The second-order valence-corrected chi connectivity index (χ2v) is 5.46. The second-order valence-electron chi connectivity index (χ2n) is 5.46. The van der Waals surface area contributed by atoms with Crippen molar-refractivity contribution < 1.29 is 0 Å². The lowest BCUT2D eigenvalue weighted by molar-refractivity contribution is 0.128. The van der Waals surface area contributed by atoms with Crippen molar-refractivity contribution in [2.45, 2.75) is 39.2 Å². The number of nitrogen functional groups attached to an aromatic ring is 1. The van der Waals surface area contributed by atoms with E-state index in [1.807, 2.05) is 6.07 Å². The molecule has 0 amide bonds. The van der Waals surface area contributed by atoms with Gasteiger partial charge in [-0.05, 0) is 49.5 Å². The van der Waals surface area contributed by atoms with E-state index in [0.717, 1.165) is 5.69 Å². The topological polar surface area (TPSA) is 29.3 Å². The molecule has 17 heavy (non-hydrogen) atoms. The Morgan fingerprint density at radius 2 is 1.82 bits per heavy atom. The van der Waals surface area contributed by atoms with Gasteiger partial charge < -0.3 is 5.73 Å². The number of anilines is 1. The van der Waals surface area contributed by atoms with Gasteiger partial charge in [0, 0.05) is 11.7 Å². The van der Waals surface area contributed by atoms with Crippen LogP contribution in [0.1, 0.15) is 44.7 Å². The van der Waals surface area contributed by atoms with E-state index < -0.39 is 0 Å². The van der Waals surface area contributed by atoms with Crippen molar-refractivity contribution in [3.8, 4) is 0 Å². The first-order chi connectivity index (χ1) is 8.18. The van der Waals surface area contributed by atoms with Crippen molar-refractivity contribution >= 4 is 5.69 Å². The maximum absolute atomic E-state index is 5.91. The molecule has 2 nitrogen and oxygen atoms in total. The van der Waals surface area contributed by atoms with Gasteiger partial charge in [0.15, 0.2) is 0 Å². The van der Waals surface area contributed by atoms with Gasteiger partial charge in [-0.15, -0.1) is 0 Å². The van der Waals surface area contributed by atoms with Crippen molar-refractivity contribution in [3.63, 3.8) is 0 Å². The lowest BCUT2D eigenvalue weighted by Crippen LogP contribution is -2.36. The fourth-order valence-corrected chi connectivity index (χ4v) is 2.96. The molecule has 1 aromatic rings. The zero-order chi connectivity index (χ0) is 12.3. The first-order valence-electron chi connectivity index (χ1n) is 6.78. The highest BCUT2D eigenvalue weighted by Gasteiger charge is 2.24. The predicted molar refractivity (Wildman–Crippen MR) is 73.9 cm³/mol. The Kier molecular flexibility index (Phi) is 4.06. The lowest BCUT2D eigenvalue weighted by atomic mass is 9.92. The maximum Gasteiger partial charge on any atom is 0.0371 e. The van der Waals surface area contributed by atoms with Crippen molar-refractivity contribution in [1.29, 1.82) is 0 Å². The van der Waals surface area contributed by atoms with Crippen molar-refractivity contribution in [2.24, 2.45) is 5.92 Å². The fraction of sp³-hybridized carbons (Fsp3) is 0.600. The number of rotatable bonds is 3. The van der Waals surface area contributed by atoms with E-state index in [9.17, 15) is 0 Å². The average Bonchev–Trinajstić information content (AvgIpc) is 2.30. The van der Waals surface area contributed by atoms with E-state index in [1.165, 1.54) is 37.9 Å². The Balaban J connectivity index is 2.21. The third kappa shape index (κ3) is 3.01. The van der Waals surface area contributed by atoms with Crippen LogP contribution in [-0.2, 0) is 0 Å². The molecule has 2 N–H and O–H groups in total. The summed E-state index contributed by atoms with van der Waals surface area (Å²) in [7, 11) is 0. The molecule has 1 aromatic carbocycles. The molecule has 0 radical (unpaired) electrons. The average molecular weight is 232 g/mol. The Labute approximate surface area is 105 Å². The summed E-state index contributed by atoms with van der Waals surface area (Å²) >= 11 is 0. The Bertz CT molecular complexity index is 354. The SMILES string of the molecule is CC(C)C(c1cccc(N)c1)N1CCCCC1. The summed E-state index contributed by atoms with van der Waals surface area (Å²) in [5.74, 6) is 0.634. The van der Waals surface area contributed by atoms with E-state index in [4.69, 9.17) is 5.73 Å². The largest absolute Gasteiger partial charge is 0.399 e. The summed E-state index contributed by atoms with van der Waals surface area (Å²) < 4.78 is 0. The fourth-order valence-electron chi connectivity index (χ4n) is 2.96. The zero-order valence-corrected chi connectivity index (χ0v) is 11.0. The van der Waals surface area contributed by atoms with Crippen LogP contribution in [-0.4, -0.2) is 18.0 Å². The normalized spacial score (nSPS) is 19.5. The first-order valence-corrected chi connectivity index (χ1v) is 6.78. The summed E-state index contributed by atoms with van der Waals surface area (Å²) in [6.07, 6.45) is 4.06. The Morgan fingerprint density at radius 1 is 1.12 bits per heavy atom. The molecule has 0 aromatic heterocycles. The van der Waals surface area contributed by atoms with Crippen molar-refractivity contribution in [3.05, 3.63) is 29.8 Å². The number of hydrogen-bond acceptors (Lipinski definition) is 2. The van der Waals surface area contributed by atoms with E-state index >= 15 is 0 Å². The number of piperidine rings is 1. The van der Waals surface area contributed by atoms with Gasteiger partial charge >= 0.3 is 0 Å². The number of hydrogen-bond donors (Lipinski definition) is 1. The molecule has 1 fully saturated rings. The molecule has 1 saturated heterocycles. The van der Waals surface area contributed by atoms with Crippen LogP contribution in [0.5, 0.6) is 0 Å². The van der Waals surface area contributed by atoms with Gasteiger partial charge in [0.1, 0.15) is 0 Å². The lowest BCUT2D eigenvalue weighted by Gasteiger charge is -2.37. The summed E-state index contributed by atoms with van der Waals surface area (Å²) in [6.45, 7) is 7.08. The van der Waals surface area contributed by atoms with E-state index in [0.29, 0.717) is 12.0 Å². The summed E-state index contributed by atoms with van der Waals surface area (Å²) in [5.41, 5.74) is 8.16. The van der Waals surface area contributed by atoms with Crippen molar-refractivity contribution in [1.82, 2.24) is 4.90 Å². The monoisotopic (exact) mass is 232 g/mol. The molecule has 0 spiro atoms. The van der Waals surface area contributed by atoms with Crippen LogP contribution < -0.4 is 5.73 Å². The number of nitrogens with two attached hydrogens (primary N) is 1. The molecule has 0 aliphatic carbocycles. The summed E-state index contributed by atoms with van der Waals surface area (Å²) in [4.78, 5) is 2.63. The van der Waals surface area contributed by atoms with Crippen molar-refractivity contribution in [2.75, 3.05) is 18.8 Å². The number of nitrogens with zero attached hydrogens (tertiary/aromatic N) is 1. The van der Waals surface area contributed by atoms with Crippen LogP contribution >= 0.6 is 0 Å². The molecule has 1 unspecified atom stereocenters. The summed E-state index contributed by atoms with van der Waals surface area (Å²) in [6, 6.07) is 8.93. The molecule has 94 valence electrons. The van der Waals surface area contributed by atoms with E-state index in [1.54, 1.807) is 0 Å². The van der Waals surface area contributed by atoms with E-state index in [2.05, 4.69) is 36.9 Å². The smallest absolute Gasteiger partial charge is 0.0371 e. The van der Waals surface area contributed by atoms with Crippen LogP contribution in [0.15, 0.2) is 24.3 Å². The molecule has 1 aliphatic rings. The van der Waals surface area contributed by atoms with Crippen LogP contribution in [0.2, 0.25) is 0 Å². The maximum atomic E-state index is 5.91. The van der Waals surface area contributed by atoms with Crippen LogP contribution in [0, 0.1) is 5.92 Å². The molecule has 2 rings (SSSR count). The van der Waals surface area contributed by atoms with Crippen LogP contribution in [0.4, 0.5) is 5.69 Å². The highest BCUT2D eigenvalue weighted by molar-refractivity contribution is 5.41. The molecule has 1 atom stereocenters. The molecule has 1 heterocycles. The first kappa shape index (κ1) is 12.4. The number of benzene rings is 1. The second kappa shape index (κ2) is 5.54. The highest BCUT2D eigenvalue weighted by atomic mass is 15.2. The minimum Gasteiger partial charge on any atom is -0.399 e. The van der Waals surface area contributed by atoms with E-state index in [-0.39, 0.29) is 0 Å². The van der Waals surface area contributed by atoms with Crippen LogP contribution in [0.25, 0.3) is 0 Å². The minimum atomic E-state index is 0.527. The van der Waals surface area contributed by atoms with Crippen LogP contribution in [0.3, 0.4) is 0 Å². The number of likely N-dealkylation sites (tertiary alicyclic amines) is 1. The van der Waals surface area contributed by atoms with Gasteiger partial charge in [-0.3, -0.25) is 4.90 Å². The third-order valence-electron chi connectivity index (χ3n) is 3.67. The zero-order valence-electron chi connectivity index (χ0n) is 11.0.